The molecule has 0 spiro atoms. The molecule has 7 nitrogen and oxygen atoms in total. The van der Waals surface area contributed by atoms with Crippen molar-refractivity contribution in [2.75, 3.05) is 39.5 Å². The standard InChI is InChI=1S/C13H27N3O4/c14-6-8-19-10-11-20-9-7-16-13(18)5-3-1-2-4-12(15)17/h1-11,14H2,(H2,15,17)(H,16,18). The first-order valence-electron chi connectivity index (χ1n) is 7.07. The number of ether oxygens (including phenoxy) is 2. The Labute approximate surface area is 120 Å². The molecule has 2 amide bonds. The Kier molecular flexibility index (Phi) is 13.4. The smallest absolute Gasteiger partial charge is 0.220 e. The van der Waals surface area contributed by atoms with Crippen LogP contribution in [0, 0.1) is 0 Å². The van der Waals surface area contributed by atoms with Crippen molar-refractivity contribution in [3.8, 4) is 0 Å². The van der Waals surface area contributed by atoms with Gasteiger partial charge in [-0.05, 0) is 12.8 Å². The molecule has 0 aromatic rings. The van der Waals surface area contributed by atoms with E-state index in [1.54, 1.807) is 0 Å². The molecule has 0 fully saturated rings. The number of amides is 2. The average Bonchev–Trinajstić information content (AvgIpc) is 2.41. The summed E-state index contributed by atoms with van der Waals surface area (Å²) in [7, 11) is 0. The third-order valence-electron chi connectivity index (χ3n) is 2.53. The number of nitrogens with two attached hydrogens (primary N) is 2. The van der Waals surface area contributed by atoms with Gasteiger partial charge in [0.25, 0.3) is 0 Å². The number of unbranched alkanes of at least 4 members (excludes halogenated alkanes) is 2. The van der Waals surface area contributed by atoms with Crippen molar-refractivity contribution in [2.45, 2.75) is 32.1 Å². The number of nitrogens with one attached hydrogen (secondary N) is 1. The van der Waals surface area contributed by atoms with Gasteiger partial charge in [0.1, 0.15) is 0 Å². The normalized spacial score (nSPS) is 10.4. The van der Waals surface area contributed by atoms with Gasteiger partial charge in [-0.3, -0.25) is 9.59 Å². The minimum absolute atomic E-state index is 0.00653. The van der Waals surface area contributed by atoms with Crippen LogP contribution in [-0.4, -0.2) is 51.3 Å². The predicted octanol–water partition coefficient (Wildman–Crippen LogP) is -0.470. The molecule has 0 radical (unpaired) electrons. The minimum atomic E-state index is -0.290. The van der Waals surface area contributed by atoms with Gasteiger partial charge >= 0.3 is 0 Å². The van der Waals surface area contributed by atoms with Crippen molar-refractivity contribution in [2.24, 2.45) is 11.5 Å². The Balaban J connectivity index is 3.18. The molecule has 0 aliphatic carbocycles. The van der Waals surface area contributed by atoms with Crippen LogP contribution in [0.5, 0.6) is 0 Å². The third kappa shape index (κ3) is 14.9. The molecular formula is C13H27N3O4. The lowest BCUT2D eigenvalue weighted by Gasteiger charge is -2.07. The molecule has 0 bridgehead atoms. The van der Waals surface area contributed by atoms with E-state index in [-0.39, 0.29) is 11.8 Å². The fourth-order valence-corrected chi connectivity index (χ4v) is 1.52. The van der Waals surface area contributed by atoms with Gasteiger partial charge in [-0.25, -0.2) is 0 Å². The zero-order chi connectivity index (χ0) is 15.1. The summed E-state index contributed by atoms with van der Waals surface area (Å²) in [5.41, 5.74) is 10.3. The maximum atomic E-state index is 11.4. The highest BCUT2D eigenvalue weighted by Gasteiger charge is 2.01. The molecule has 0 aliphatic rings. The van der Waals surface area contributed by atoms with Crippen molar-refractivity contribution in [1.82, 2.24) is 5.32 Å². The van der Waals surface area contributed by atoms with Crippen molar-refractivity contribution in [1.29, 1.82) is 0 Å². The van der Waals surface area contributed by atoms with E-state index in [0.717, 1.165) is 19.3 Å². The van der Waals surface area contributed by atoms with E-state index in [0.29, 0.717) is 52.4 Å². The largest absolute Gasteiger partial charge is 0.378 e. The number of hydrogen-bond acceptors (Lipinski definition) is 5. The van der Waals surface area contributed by atoms with Gasteiger partial charge in [-0.1, -0.05) is 6.42 Å². The molecule has 0 aliphatic heterocycles. The molecule has 7 heteroatoms. The van der Waals surface area contributed by atoms with E-state index >= 15 is 0 Å². The van der Waals surface area contributed by atoms with E-state index in [2.05, 4.69) is 5.32 Å². The fraction of sp³-hybridized carbons (Fsp3) is 0.846. The molecule has 5 N–H and O–H groups in total. The zero-order valence-electron chi connectivity index (χ0n) is 12.1. The molecule has 0 saturated carbocycles. The monoisotopic (exact) mass is 289 g/mol. The Morgan fingerprint density at radius 3 is 2.20 bits per heavy atom. The number of rotatable bonds is 14. The minimum Gasteiger partial charge on any atom is -0.378 e. The summed E-state index contributed by atoms with van der Waals surface area (Å²) in [6, 6.07) is 0. The van der Waals surface area contributed by atoms with Gasteiger partial charge in [0.2, 0.25) is 11.8 Å². The number of primary amides is 1. The van der Waals surface area contributed by atoms with Crippen LogP contribution in [0.4, 0.5) is 0 Å². The highest BCUT2D eigenvalue weighted by molar-refractivity contribution is 5.75. The first-order chi connectivity index (χ1) is 9.66. The summed E-state index contributed by atoms with van der Waals surface area (Å²) in [4.78, 5) is 21.9. The van der Waals surface area contributed by atoms with E-state index in [9.17, 15) is 9.59 Å². The maximum Gasteiger partial charge on any atom is 0.220 e. The quantitative estimate of drug-likeness (QED) is 0.374. The lowest BCUT2D eigenvalue weighted by molar-refractivity contribution is -0.121. The Bertz CT molecular complexity index is 262. The van der Waals surface area contributed by atoms with E-state index in [4.69, 9.17) is 20.9 Å². The Hall–Kier alpha value is -1.18. The summed E-state index contributed by atoms with van der Waals surface area (Å²) in [6.45, 7) is 3.04. The molecule has 0 heterocycles. The van der Waals surface area contributed by atoms with E-state index < -0.39 is 0 Å². The van der Waals surface area contributed by atoms with Crippen LogP contribution in [-0.2, 0) is 19.1 Å². The van der Waals surface area contributed by atoms with Crippen LogP contribution in [0.2, 0.25) is 0 Å². The van der Waals surface area contributed by atoms with Crippen molar-refractivity contribution in [3.05, 3.63) is 0 Å². The molecule has 0 aromatic carbocycles. The van der Waals surface area contributed by atoms with Crippen LogP contribution in [0.25, 0.3) is 0 Å². The second kappa shape index (κ2) is 14.2. The van der Waals surface area contributed by atoms with Gasteiger partial charge in [0.05, 0.1) is 26.4 Å². The van der Waals surface area contributed by atoms with Crippen LogP contribution < -0.4 is 16.8 Å². The Morgan fingerprint density at radius 2 is 1.55 bits per heavy atom. The molecule has 118 valence electrons. The number of carbonyl (C=O) groups is 2. The van der Waals surface area contributed by atoms with Gasteiger partial charge < -0.3 is 26.3 Å². The van der Waals surface area contributed by atoms with Gasteiger partial charge in [-0.15, -0.1) is 0 Å². The molecule has 20 heavy (non-hydrogen) atoms. The summed E-state index contributed by atoms with van der Waals surface area (Å²) < 4.78 is 10.4. The van der Waals surface area contributed by atoms with Crippen LogP contribution in [0.15, 0.2) is 0 Å². The molecule has 0 rings (SSSR count). The SMILES string of the molecule is NCCOCCOCCNC(=O)CCCCCC(N)=O. The van der Waals surface area contributed by atoms with Gasteiger partial charge in [0, 0.05) is 25.9 Å². The van der Waals surface area contributed by atoms with Gasteiger partial charge in [0.15, 0.2) is 0 Å². The lowest BCUT2D eigenvalue weighted by Crippen LogP contribution is -2.27. The first kappa shape index (κ1) is 18.8. The summed E-state index contributed by atoms with van der Waals surface area (Å²) >= 11 is 0. The molecule has 0 saturated heterocycles. The highest BCUT2D eigenvalue weighted by atomic mass is 16.5. The topological polar surface area (TPSA) is 117 Å². The number of hydrogen-bond donors (Lipinski definition) is 3. The lowest BCUT2D eigenvalue weighted by atomic mass is 10.1. The van der Waals surface area contributed by atoms with Crippen molar-refractivity contribution in [3.63, 3.8) is 0 Å². The summed E-state index contributed by atoms with van der Waals surface area (Å²) in [5.74, 6) is -0.283. The molecule has 0 unspecified atom stereocenters. The highest BCUT2D eigenvalue weighted by Crippen LogP contribution is 2.02. The Morgan fingerprint density at radius 1 is 0.900 bits per heavy atom. The molecule has 0 atom stereocenters. The maximum absolute atomic E-state index is 11.4. The van der Waals surface area contributed by atoms with Crippen LogP contribution in [0.3, 0.4) is 0 Å². The van der Waals surface area contributed by atoms with Crippen LogP contribution >= 0.6 is 0 Å². The van der Waals surface area contributed by atoms with E-state index in [1.807, 2.05) is 0 Å². The molecular weight excluding hydrogens is 262 g/mol. The third-order valence-corrected chi connectivity index (χ3v) is 2.53. The van der Waals surface area contributed by atoms with Crippen LogP contribution in [0.1, 0.15) is 32.1 Å². The first-order valence-corrected chi connectivity index (χ1v) is 7.07. The number of carbonyl (C=O) groups excluding carboxylic acids is 2. The van der Waals surface area contributed by atoms with Gasteiger partial charge in [-0.2, -0.15) is 0 Å². The van der Waals surface area contributed by atoms with E-state index in [1.165, 1.54) is 0 Å². The summed E-state index contributed by atoms with van der Waals surface area (Å²) in [6.07, 6.45) is 3.22. The average molecular weight is 289 g/mol. The van der Waals surface area contributed by atoms with Crippen molar-refractivity contribution < 1.29 is 19.1 Å². The fourth-order valence-electron chi connectivity index (χ4n) is 1.52. The molecule has 0 aromatic heterocycles. The second-order valence-corrected chi connectivity index (χ2v) is 4.39. The zero-order valence-corrected chi connectivity index (χ0v) is 12.1. The summed E-state index contributed by atoms with van der Waals surface area (Å²) in [5, 5.41) is 2.77. The van der Waals surface area contributed by atoms with Crippen molar-refractivity contribution >= 4 is 11.8 Å². The predicted molar refractivity (Wildman–Crippen MR) is 76.0 cm³/mol. The second-order valence-electron chi connectivity index (χ2n) is 4.39.